The molecule has 0 radical (unpaired) electrons. The minimum atomic E-state index is 1.03. The zero-order valence-corrected chi connectivity index (χ0v) is 32.7. The predicted molar refractivity (Wildman–Crippen MR) is 246 cm³/mol. The van der Waals surface area contributed by atoms with Gasteiger partial charge in [-0.15, -0.1) is 0 Å². The monoisotopic (exact) mass is 732 g/mol. The van der Waals surface area contributed by atoms with E-state index in [0.29, 0.717) is 0 Å². The maximum Gasteiger partial charge on any atom is 0.0547 e. The van der Waals surface area contributed by atoms with E-state index < -0.39 is 0 Å². The number of hydrogen-bond donors (Lipinski definition) is 0. The maximum atomic E-state index is 4.06. The van der Waals surface area contributed by atoms with Gasteiger partial charge in [0.25, 0.3) is 0 Å². The third kappa shape index (κ3) is 6.56. The van der Waals surface area contributed by atoms with Gasteiger partial charge in [-0.2, -0.15) is 0 Å². The van der Waals surface area contributed by atoms with Crippen LogP contribution in [0.3, 0.4) is 0 Å². The number of benzene rings is 8. The largest absolute Gasteiger partial charge is 0.310 e. The smallest absolute Gasteiger partial charge is 0.0547 e. The van der Waals surface area contributed by atoms with Crippen molar-refractivity contribution in [2.45, 2.75) is 20.8 Å². The van der Waals surface area contributed by atoms with Gasteiger partial charge in [0.2, 0.25) is 0 Å². The fourth-order valence-electron chi connectivity index (χ4n) is 8.39. The topological polar surface area (TPSA) is 8.17 Å². The van der Waals surface area contributed by atoms with Gasteiger partial charge < -0.3 is 9.47 Å². The molecule has 57 heavy (non-hydrogen) atoms. The minimum absolute atomic E-state index is 1.03. The van der Waals surface area contributed by atoms with Crippen LogP contribution in [-0.4, -0.2) is 4.57 Å². The lowest BCUT2D eigenvalue weighted by Crippen LogP contribution is -2.15. The van der Waals surface area contributed by atoms with Crippen molar-refractivity contribution in [1.82, 2.24) is 4.57 Å². The molecule has 1 aromatic heterocycles. The van der Waals surface area contributed by atoms with Gasteiger partial charge in [0.15, 0.2) is 0 Å². The van der Waals surface area contributed by atoms with Gasteiger partial charge in [-0.1, -0.05) is 134 Å². The molecular weight excluding hydrogens is 689 g/mol. The molecule has 0 spiro atoms. The summed E-state index contributed by atoms with van der Waals surface area (Å²) in [5.74, 6) is 0. The van der Waals surface area contributed by atoms with Crippen molar-refractivity contribution in [1.29, 1.82) is 0 Å². The van der Waals surface area contributed by atoms with E-state index in [0.717, 1.165) is 28.3 Å². The molecular formula is C55H44N2. The Morgan fingerprint density at radius 3 is 1.95 bits per heavy atom. The van der Waals surface area contributed by atoms with Crippen molar-refractivity contribution in [3.8, 4) is 39.1 Å². The second-order valence-corrected chi connectivity index (χ2v) is 14.7. The van der Waals surface area contributed by atoms with E-state index in [2.05, 4.69) is 231 Å². The lowest BCUT2D eigenvalue weighted by atomic mass is 9.92. The molecule has 0 aliphatic heterocycles. The second-order valence-electron chi connectivity index (χ2n) is 14.7. The Morgan fingerprint density at radius 1 is 0.526 bits per heavy atom. The third-order valence-corrected chi connectivity index (χ3v) is 11.2. The van der Waals surface area contributed by atoms with Gasteiger partial charge >= 0.3 is 0 Å². The minimum Gasteiger partial charge on any atom is -0.310 e. The molecule has 9 rings (SSSR count). The Labute approximate surface area is 335 Å². The maximum absolute atomic E-state index is 4.06. The van der Waals surface area contributed by atoms with E-state index in [-0.39, 0.29) is 0 Å². The molecule has 9 aromatic rings. The summed E-state index contributed by atoms with van der Waals surface area (Å²) < 4.78 is 2.42. The Balaban J connectivity index is 1.21. The fourth-order valence-corrected chi connectivity index (χ4v) is 8.39. The molecule has 0 bridgehead atoms. The first kappa shape index (κ1) is 35.5. The first-order valence-electron chi connectivity index (χ1n) is 19.7. The summed E-state index contributed by atoms with van der Waals surface area (Å²) in [6.45, 7) is 10.6. The summed E-state index contributed by atoms with van der Waals surface area (Å²) in [4.78, 5) is 2.31. The van der Waals surface area contributed by atoms with Gasteiger partial charge in [0.1, 0.15) is 0 Å². The zero-order chi connectivity index (χ0) is 38.9. The van der Waals surface area contributed by atoms with E-state index in [1.807, 2.05) is 6.08 Å². The van der Waals surface area contributed by atoms with Crippen molar-refractivity contribution in [2.75, 3.05) is 4.90 Å². The van der Waals surface area contributed by atoms with E-state index in [1.54, 1.807) is 0 Å². The number of nitrogens with zero attached hydrogens (tertiary/aromatic N) is 2. The van der Waals surface area contributed by atoms with Crippen LogP contribution in [-0.2, 0) is 0 Å². The molecule has 0 atom stereocenters. The molecule has 0 unspecified atom stereocenters. The molecule has 0 aliphatic carbocycles. The third-order valence-electron chi connectivity index (χ3n) is 11.2. The Kier molecular flexibility index (Phi) is 9.46. The summed E-state index contributed by atoms with van der Waals surface area (Å²) in [5.41, 5.74) is 16.6. The number of aryl methyl sites for hydroxylation is 2. The van der Waals surface area contributed by atoms with E-state index in [1.165, 1.54) is 71.5 Å². The highest BCUT2D eigenvalue weighted by atomic mass is 15.1. The summed E-state index contributed by atoms with van der Waals surface area (Å²) in [5, 5.41) is 5.00. The van der Waals surface area contributed by atoms with Crippen LogP contribution in [0.25, 0.3) is 71.6 Å². The average molecular weight is 733 g/mol. The number of rotatable bonds is 9. The van der Waals surface area contributed by atoms with Gasteiger partial charge in [-0.25, -0.2) is 0 Å². The average Bonchev–Trinajstić information content (AvgIpc) is 3.57. The number of allylic oxidation sites excluding steroid dienone is 4. The van der Waals surface area contributed by atoms with Gasteiger partial charge in [0.05, 0.1) is 11.0 Å². The lowest BCUT2D eigenvalue weighted by Gasteiger charge is -2.27. The van der Waals surface area contributed by atoms with Gasteiger partial charge in [0, 0.05) is 33.5 Å². The SMILES string of the molecule is C=C/C=C(\C=C/C)N(c1ccc(-c2ccccc2)cc1)c1cccc(-c2ccc3c(c2)c2cc4c(C)c(-c5ccccc5C)ccc4cc2n3-c2ccccc2)c1. The second kappa shape index (κ2) is 15.2. The molecule has 0 saturated carbocycles. The quantitative estimate of drug-likeness (QED) is 0.134. The highest BCUT2D eigenvalue weighted by Crippen LogP contribution is 2.41. The van der Waals surface area contributed by atoms with Crippen LogP contribution in [0.5, 0.6) is 0 Å². The molecule has 0 fully saturated rings. The Morgan fingerprint density at radius 2 is 1.19 bits per heavy atom. The van der Waals surface area contributed by atoms with Crippen LogP contribution in [0, 0.1) is 13.8 Å². The van der Waals surface area contributed by atoms with Crippen molar-refractivity contribution >= 4 is 44.0 Å². The number of anilines is 2. The molecule has 0 N–H and O–H groups in total. The van der Waals surface area contributed by atoms with Crippen LogP contribution in [0.1, 0.15) is 18.1 Å². The van der Waals surface area contributed by atoms with Crippen molar-refractivity contribution in [3.63, 3.8) is 0 Å². The lowest BCUT2D eigenvalue weighted by molar-refractivity contribution is 1.18. The summed E-state index contributed by atoms with van der Waals surface area (Å²) in [6, 6.07) is 64.0. The standard InChI is InChI=1S/C55H44N2/c1-5-16-45(17-6-2)56(47-30-26-41(27-31-47)40-19-9-7-10-20-40)48-24-15-21-42(34-48)43-29-33-54-52(35-43)53-37-51-39(4)50(49-25-14-13-18-38(49)3)32-28-44(51)36-55(53)57(54)46-22-11-8-12-23-46/h5-37H,1H2,2-4H3/b17-6-,45-16+. The van der Waals surface area contributed by atoms with E-state index in [9.17, 15) is 0 Å². The fraction of sp³-hybridized carbons (Fsp3) is 0.0545. The van der Waals surface area contributed by atoms with Crippen LogP contribution < -0.4 is 4.90 Å². The molecule has 2 nitrogen and oxygen atoms in total. The predicted octanol–water partition coefficient (Wildman–Crippen LogP) is 15.3. The van der Waals surface area contributed by atoms with Crippen LogP contribution >= 0.6 is 0 Å². The van der Waals surface area contributed by atoms with Crippen molar-refractivity contribution in [2.24, 2.45) is 0 Å². The van der Waals surface area contributed by atoms with Crippen molar-refractivity contribution < 1.29 is 0 Å². The Hall–Kier alpha value is -7.16. The Bertz CT molecular complexity index is 2980. The molecule has 0 aliphatic rings. The molecule has 2 heteroatoms. The van der Waals surface area contributed by atoms with Gasteiger partial charge in [-0.05, 0) is 149 Å². The number of aromatic nitrogens is 1. The first-order chi connectivity index (χ1) is 28.0. The van der Waals surface area contributed by atoms with Crippen molar-refractivity contribution in [3.05, 3.63) is 224 Å². The number of fused-ring (bicyclic) bond motifs is 4. The van der Waals surface area contributed by atoms with Crippen LogP contribution in [0.4, 0.5) is 11.4 Å². The highest BCUT2D eigenvalue weighted by molar-refractivity contribution is 6.15. The summed E-state index contributed by atoms with van der Waals surface area (Å²) in [7, 11) is 0. The number of para-hydroxylation sites is 1. The first-order valence-corrected chi connectivity index (χ1v) is 19.7. The normalized spacial score (nSPS) is 11.9. The zero-order valence-electron chi connectivity index (χ0n) is 32.7. The van der Waals surface area contributed by atoms with Crippen LogP contribution in [0.15, 0.2) is 213 Å². The number of hydrogen-bond acceptors (Lipinski definition) is 1. The van der Waals surface area contributed by atoms with Crippen LogP contribution in [0.2, 0.25) is 0 Å². The van der Waals surface area contributed by atoms with E-state index >= 15 is 0 Å². The summed E-state index contributed by atoms with van der Waals surface area (Å²) in [6.07, 6.45) is 8.15. The molecule has 274 valence electrons. The summed E-state index contributed by atoms with van der Waals surface area (Å²) >= 11 is 0. The molecule has 8 aromatic carbocycles. The molecule has 0 amide bonds. The molecule has 1 heterocycles. The highest BCUT2D eigenvalue weighted by Gasteiger charge is 2.18. The van der Waals surface area contributed by atoms with Gasteiger partial charge in [-0.3, -0.25) is 0 Å². The molecule has 0 saturated heterocycles. The van der Waals surface area contributed by atoms with E-state index in [4.69, 9.17) is 0 Å².